The van der Waals surface area contributed by atoms with Crippen LogP contribution >= 0.6 is 0 Å². The lowest BCUT2D eigenvalue weighted by molar-refractivity contribution is -0.140. The Kier molecular flexibility index (Phi) is 4.99. The number of rotatable bonds is 3. The third kappa shape index (κ3) is 3.42. The maximum atomic E-state index is 13.0. The molecule has 128 valence electrons. The van der Waals surface area contributed by atoms with Crippen molar-refractivity contribution in [1.29, 1.82) is 0 Å². The van der Waals surface area contributed by atoms with Crippen LogP contribution in [0, 0.1) is 13.8 Å². The highest BCUT2D eigenvalue weighted by Crippen LogP contribution is 2.25. The molecule has 23 heavy (non-hydrogen) atoms. The molecule has 0 bridgehead atoms. The summed E-state index contributed by atoms with van der Waals surface area (Å²) in [5.74, 6) is 2.09. The van der Waals surface area contributed by atoms with Crippen molar-refractivity contribution in [3.8, 4) is 0 Å². The number of amides is 1. The first kappa shape index (κ1) is 16.4. The molecule has 2 unspecified atom stereocenters. The molecule has 1 amide bonds. The number of hydrogen-bond donors (Lipinski definition) is 0. The number of hydrogen-bond acceptors (Lipinski definition) is 4. The van der Waals surface area contributed by atoms with Crippen LogP contribution in [-0.4, -0.2) is 62.7 Å². The van der Waals surface area contributed by atoms with Crippen LogP contribution in [0.2, 0.25) is 0 Å². The fourth-order valence-electron chi connectivity index (χ4n) is 4.10. The van der Waals surface area contributed by atoms with Crippen molar-refractivity contribution in [3.63, 3.8) is 0 Å². The molecule has 6 heteroatoms. The van der Waals surface area contributed by atoms with Gasteiger partial charge in [-0.2, -0.15) is 5.10 Å². The van der Waals surface area contributed by atoms with E-state index in [1.807, 2.05) is 18.5 Å². The summed E-state index contributed by atoms with van der Waals surface area (Å²) in [7, 11) is 0. The van der Waals surface area contributed by atoms with Gasteiger partial charge in [-0.1, -0.05) is 13.3 Å². The lowest BCUT2D eigenvalue weighted by Crippen LogP contribution is -2.53. The summed E-state index contributed by atoms with van der Waals surface area (Å²) in [5, 5.41) is 4.53. The van der Waals surface area contributed by atoms with Crippen LogP contribution in [0.4, 0.5) is 0 Å². The third-order valence-corrected chi connectivity index (χ3v) is 5.27. The van der Waals surface area contributed by atoms with Crippen molar-refractivity contribution in [3.05, 3.63) is 11.6 Å². The molecule has 0 aliphatic carbocycles. The van der Waals surface area contributed by atoms with Crippen LogP contribution in [0.15, 0.2) is 0 Å². The number of likely N-dealkylation sites (N-methyl/N-ethyl adjacent to an activating group) is 1. The fraction of sp³-hybridized carbons (Fsp3) is 0.824. The smallest absolute Gasteiger partial charge is 0.239 e. The summed E-state index contributed by atoms with van der Waals surface area (Å²) < 4.78 is 2.02. The normalized spacial score (nSPS) is 26.5. The van der Waals surface area contributed by atoms with Crippen LogP contribution in [0.1, 0.15) is 56.7 Å². The molecule has 0 aromatic carbocycles. The number of piperidine rings is 2. The molecule has 2 fully saturated rings. The molecule has 0 N–H and O–H groups in total. The highest BCUT2D eigenvalue weighted by Gasteiger charge is 2.34. The van der Waals surface area contributed by atoms with E-state index in [0.717, 1.165) is 57.1 Å². The topological polar surface area (TPSA) is 54.3 Å². The summed E-state index contributed by atoms with van der Waals surface area (Å²) in [5.41, 5.74) is 0. The van der Waals surface area contributed by atoms with E-state index in [-0.39, 0.29) is 12.1 Å². The van der Waals surface area contributed by atoms with E-state index in [9.17, 15) is 4.79 Å². The summed E-state index contributed by atoms with van der Waals surface area (Å²) >= 11 is 0. The first-order valence-electron chi connectivity index (χ1n) is 9.02. The van der Waals surface area contributed by atoms with Crippen LogP contribution in [0.25, 0.3) is 0 Å². The molecule has 3 heterocycles. The highest BCUT2D eigenvalue weighted by atomic mass is 16.2. The molecule has 2 atom stereocenters. The van der Waals surface area contributed by atoms with Gasteiger partial charge in [-0.05, 0) is 52.6 Å². The van der Waals surface area contributed by atoms with Gasteiger partial charge in [-0.25, -0.2) is 9.67 Å². The van der Waals surface area contributed by atoms with Crippen molar-refractivity contribution >= 4 is 5.91 Å². The molecule has 2 saturated heterocycles. The Morgan fingerprint density at radius 3 is 2.70 bits per heavy atom. The van der Waals surface area contributed by atoms with Gasteiger partial charge >= 0.3 is 0 Å². The minimum atomic E-state index is 0.0890. The quantitative estimate of drug-likeness (QED) is 0.854. The molecule has 2 aliphatic rings. The predicted molar refractivity (Wildman–Crippen MR) is 89.2 cm³/mol. The SMILES string of the molecule is CCN1CCCCC1C(=O)N1CCCC(n2nc(C)nc2C)C1. The van der Waals surface area contributed by atoms with E-state index in [2.05, 4.69) is 26.8 Å². The van der Waals surface area contributed by atoms with Crippen LogP contribution in [-0.2, 0) is 4.79 Å². The number of nitrogens with zero attached hydrogens (tertiary/aromatic N) is 5. The van der Waals surface area contributed by atoms with E-state index in [1.54, 1.807) is 0 Å². The first-order valence-corrected chi connectivity index (χ1v) is 9.02. The minimum Gasteiger partial charge on any atom is -0.339 e. The van der Waals surface area contributed by atoms with Gasteiger partial charge in [0.25, 0.3) is 0 Å². The minimum absolute atomic E-state index is 0.0890. The molecule has 0 spiro atoms. The Morgan fingerprint density at radius 2 is 2.00 bits per heavy atom. The van der Waals surface area contributed by atoms with Crippen molar-refractivity contribution in [2.75, 3.05) is 26.2 Å². The molecule has 3 rings (SSSR count). The van der Waals surface area contributed by atoms with E-state index < -0.39 is 0 Å². The molecule has 1 aromatic rings. The zero-order valence-corrected chi connectivity index (χ0v) is 14.7. The van der Waals surface area contributed by atoms with Gasteiger partial charge in [0.15, 0.2) is 0 Å². The maximum Gasteiger partial charge on any atom is 0.239 e. The number of likely N-dealkylation sites (tertiary alicyclic amines) is 2. The van der Waals surface area contributed by atoms with E-state index in [4.69, 9.17) is 0 Å². The van der Waals surface area contributed by atoms with E-state index in [0.29, 0.717) is 5.91 Å². The summed E-state index contributed by atoms with van der Waals surface area (Å²) in [4.78, 5) is 21.9. The largest absolute Gasteiger partial charge is 0.339 e. The van der Waals surface area contributed by atoms with Crippen molar-refractivity contribution in [2.45, 2.75) is 65.0 Å². The molecule has 0 radical (unpaired) electrons. The lowest BCUT2D eigenvalue weighted by Gasteiger charge is -2.40. The van der Waals surface area contributed by atoms with E-state index >= 15 is 0 Å². The molecule has 0 saturated carbocycles. The number of carbonyl (C=O) groups excluding carboxylic acids is 1. The molecule has 1 aromatic heterocycles. The van der Waals surface area contributed by atoms with Gasteiger partial charge in [0.05, 0.1) is 12.1 Å². The predicted octanol–water partition coefficient (Wildman–Crippen LogP) is 1.93. The van der Waals surface area contributed by atoms with Crippen molar-refractivity contribution in [1.82, 2.24) is 24.6 Å². The average Bonchev–Trinajstić information content (AvgIpc) is 2.92. The monoisotopic (exact) mass is 319 g/mol. The standard InChI is InChI=1S/C17H29N5O/c1-4-20-10-6-5-9-16(20)17(23)21-11-7-8-15(12-21)22-14(3)18-13(2)19-22/h15-16H,4-12H2,1-3H3. The van der Waals surface area contributed by atoms with Gasteiger partial charge in [0, 0.05) is 13.1 Å². The number of aromatic nitrogens is 3. The number of carbonyl (C=O) groups is 1. The Morgan fingerprint density at radius 1 is 1.17 bits per heavy atom. The maximum absolute atomic E-state index is 13.0. The second-order valence-corrected chi connectivity index (χ2v) is 6.87. The van der Waals surface area contributed by atoms with Gasteiger partial charge < -0.3 is 4.90 Å². The second-order valence-electron chi connectivity index (χ2n) is 6.87. The summed E-state index contributed by atoms with van der Waals surface area (Å²) in [6.07, 6.45) is 5.53. The Bertz CT molecular complexity index is 555. The van der Waals surface area contributed by atoms with Crippen LogP contribution < -0.4 is 0 Å². The zero-order chi connectivity index (χ0) is 16.4. The molecule has 2 aliphatic heterocycles. The second kappa shape index (κ2) is 6.99. The molecular formula is C17H29N5O. The van der Waals surface area contributed by atoms with Crippen LogP contribution in [0.5, 0.6) is 0 Å². The summed E-state index contributed by atoms with van der Waals surface area (Å²) in [6, 6.07) is 0.360. The summed E-state index contributed by atoms with van der Waals surface area (Å²) in [6.45, 7) is 9.77. The highest BCUT2D eigenvalue weighted by molar-refractivity contribution is 5.82. The molecule has 6 nitrogen and oxygen atoms in total. The average molecular weight is 319 g/mol. The van der Waals surface area contributed by atoms with Gasteiger partial charge in [0.2, 0.25) is 5.91 Å². The Hall–Kier alpha value is -1.43. The number of aryl methyl sites for hydroxylation is 2. The zero-order valence-electron chi connectivity index (χ0n) is 14.7. The lowest BCUT2D eigenvalue weighted by atomic mass is 9.98. The van der Waals surface area contributed by atoms with E-state index in [1.165, 1.54) is 12.8 Å². The Labute approximate surface area is 138 Å². The van der Waals surface area contributed by atoms with Crippen LogP contribution in [0.3, 0.4) is 0 Å². The molecular weight excluding hydrogens is 290 g/mol. The fourth-order valence-corrected chi connectivity index (χ4v) is 4.10. The van der Waals surface area contributed by atoms with Crippen molar-refractivity contribution in [2.24, 2.45) is 0 Å². The first-order chi connectivity index (χ1) is 11.1. The van der Waals surface area contributed by atoms with Gasteiger partial charge in [0.1, 0.15) is 11.6 Å². The van der Waals surface area contributed by atoms with Gasteiger partial charge in [-0.15, -0.1) is 0 Å². The third-order valence-electron chi connectivity index (χ3n) is 5.27. The Balaban J connectivity index is 1.70. The van der Waals surface area contributed by atoms with Crippen molar-refractivity contribution < 1.29 is 4.79 Å². The van der Waals surface area contributed by atoms with Gasteiger partial charge in [-0.3, -0.25) is 9.69 Å².